The minimum Gasteiger partial charge on any atom is -0.472 e. The Morgan fingerprint density at radius 2 is 1.76 bits per heavy atom. The first-order valence-corrected chi connectivity index (χ1v) is 8.21. The van der Waals surface area contributed by atoms with Crippen LogP contribution in [0.1, 0.15) is 23.2 Å². The van der Waals surface area contributed by atoms with E-state index in [2.05, 4.69) is 0 Å². The summed E-state index contributed by atoms with van der Waals surface area (Å²) >= 11 is 0. The van der Waals surface area contributed by atoms with Crippen molar-refractivity contribution < 1.29 is 14.0 Å². The summed E-state index contributed by atoms with van der Waals surface area (Å²) in [7, 11) is 0. The van der Waals surface area contributed by atoms with Gasteiger partial charge in [0.05, 0.1) is 43.4 Å². The van der Waals surface area contributed by atoms with Gasteiger partial charge >= 0.3 is 0 Å². The Kier molecular flexibility index (Phi) is 7.00. The van der Waals surface area contributed by atoms with Gasteiger partial charge in [-0.05, 0) is 6.07 Å². The molecule has 1 aromatic heterocycles. The van der Waals surface area contributed by atoms with Crippen molar-refractivity contribution in [1.29, 1.82) is 10.5 Å². The van der Waals surface area contributed by atoms with Crippen molar-refractivity contribution in [3.05, 3.63) is 24.2 Å². The van der Waals surface area contributed by atoms with Crippen LogP contribution in [0.4, 0.5) is 0 Å². The molecule has 0 bridgehead atoms. The number of hydrogen-bond donors (Lipinski definition) is 0. The summed E-state index contributed by atoms with van der Waals surface area (Å²) < 4.78 is 4.94. The molecule has 2 heterocycles. The van der Waals surface area contributed by atoms with Crippen molar-refractivity contribution in [2.45, 2.75) is 12.8 Å². The lowest BCUT2D eigenvalue weighted by Crippen LogP contribution is -2.51. The maximum Gasteiger partial charge on any atom is 0.257 e. The Morgan fingerprint density at radius 3 is 2.28 bits per heavy atom. The zero-order valence-corrected chi connectivity index (χ0v) is 14.1. The third kappa shape index (κ3) is 5.33. The Hall–Kier alpha value is -2.84. The summed E-state index contributed by atoms with van der Waals surface area (Å²) in [6.07, 6.45) is 3.41. The number of furan rings is 1. The van der Waals surface area contributed by atoms with E-state index in [0.29, 0.717) is 44.8 Å². The summed E-state index contributed by atoms with van der Waals surface area (Å²) in [5.41, 5.74) is 0.531. The minimum atomic E-state index is -0.0832. The average molecular weight is 343 g/mol. The van der Waals surface area contributed by atoms with Gasteiger partial charge in [-0.2, -0.15) is 10.5 Å². The molecule has 2 amide bonds. The van der Waals surface area contributed by atoms with Crippen LogP contribution in [0.3, 0.4) is 0 Å². The molecule has 1 aromatic rings. The number of hydrogen-bond acceptors (Lipinski definition) is 6. The van der Waals surface area contributed by atoms with E-state index in [1.54, 1.807) is 15.9 Å². The second-order valence-corrected chi connectivity index (χ2v) is 5.78. The molecule has 25 heavy (non-hydrogen) atoms. The second-order valence-electron chi connectivity index (χ2n) is 5.78. The van der Waals surface area contributed by atoms with Crippen LogP contribution in [0, 0.1) is 22.7 Å². The van der Waals surface area contributed by atoms with Crippen LogP contribution < -0.4 is 0 Å². The van der Waals surface area contributed by atoms with Gasteiger partial charge in [0.15, 0.2) is 0 Å². The molecule has 0 radical (unpaired) electrons. The van der Waals surface area contributed by atoms with Crippen molar-refractivity contribution in [2.75, 3.05) is 45.8 Å². The number of carbonyl (C=O) groups is 2. The SMILES string of the molecule is N#CCCN(CCC#N)C(=O)CN1CCN(C(=O)c2ccoc2)CC1. The monoisotopic (exact) mass is 343 g/mol. The zero-order valence-electron chi connectivity index (χ0n) is 14.1. The molecule has 1 fully saturated rings. The van der Waals surface area contributed by atoms with Crippen molar-refractivity contribution in [3.8, 4) is 12.1 Å². The van der Waals surface area contributed by atoms with Gasteiger partial charge in [-0.3, -0.25) is 14.5 Å². The number of amides is 2. The molecule has 8 heteroatoms. The quantitative estimate of drug-likeness (QED) is 0.721. The largest absolute Gasteiger partial charge is 0.472 e. The highest BCUT2D eigenvalue weighted by Gasteiger charge is 2.25. The first-order valence-electron chi connectivity index (χ1n) is 8.21. The lowest BCUT2D eigenvalue weighted by atomic mass is 10.2. The average Bonchev–Trinajstić information content (AvgIpc) is 3.16. The number of carbonyl (C=O) groups excluding carboxylic acids is 2. The number of piperazine rings is 1. The third-order valence-electron chi connectivity index (χ3n) is 4.13. The van der Waals surface area contributed by atoms with E-state index in [1.165, 1.54) is 12.5 Å². The van der Waals surface area contributed by atoms with Crippen LogP contribution in [-0.4, -0.2) is 72.3 Å². The van der Waals surface area contributed by atoms with Crippen LogP contribution in [-0.2, 0) is 4.79 Å². The maximum atomic E-state index is 12.4. The lowest BCUT2D eigenvalue weighted by molar-refractivity contribution is -0.132. The van der Waals surface area contributed by atoms with E-state index in [-0.39, 0.29) is 31.2 Å². The van der Waals surface area contributed by atoms with Crippen molar-refractivity contribution in [2.24, 2.45) is 0 Å². The van der Waals surface area contributed by atoms with E-state index in [0.717, 1.165) is 0 Å². The van der Waals surface area contributed by atoms with Crippen LogP contribution >= 0.6 is 0 Å². The molecule has 0 aliphatic carbocycles. The molecule has 0 N–H and O–H groups in total. The summed E-state index contributed by atoms with van der Waals surface area (Å²) in [6.45, 7) is 3.25. The van der Waals surface area contributed by atoms with Crippen LogP contribution in [0.25, 0.3) is 0 Å². The number of nitriles is 2. The van der Waals surface area contributed by atoms with Crippen LogP contribution in [0.5, 0.6) is 0 Å². The van der Waals surface area contributed by atoms with E-state index < -0.39 is 0 Å². The smallest absolute Gasteiger partial charge is 0.257 e. The summed E-state index contributed by atoms with van der Waals surface area (Å²) in [4.78, 5) is 29.9. The summed E-state index contributed by atoms with van der Waals surface area (Å²) in [5, 5.41) is 17.4. The van der Waals surface area contributed by atoms with E-state index >= 15 is 0 Å². The fourth-order valence-electron chi connectivity index (χ4n) is 2.70. The first kappa shape index (κ1) is 18.5. The fourth-order valence-corrected chi connectivity index (χ4v) is 2.70. The van der Waals surface area contributed by atoms with Gasteiger partial charge in [0, 0.05) is 39.3 Å². The molecule has 0 spiro atoms. The Labute approximate surface area is 146 Å². The van der Waals surface area contributed by atoms with Gasteiger partial charge in [0.1, 0.15) is 6.26 Å². The van der Waals surface area contributed by atoms with Gasteiger partial charge in [-0.1, -0.05) is 0 Å². The summed E-state index contributed by atoms with van der Waals surface area (Å²) in [5.74, 6) is -0.149. The minimum absolute atomic E-state index is 0.0654. The Morgan fingerprint density at radius 1 is 1.12 bits per heavy atom. The summed E-state index contributed by atoms with van der Waals surface area (Å²) in [6, 6.07) is 5.68. The molecule has 132 valence electrons. The molecule has 0 saturated carbocycles. The van der Waals surface area contributed by atoms with Gasteiger partial charge in [-0.25, -0.2) is 0 Å². The lowest BCUT2D eigenvalue weighted by Gasteiger charge is -2.35. The number of nitrogens with zero attached hydrogens (tertiary/aromatic N) is 5. The van der Waals surface area contributed by atoms with E-state index in [9.17, 15) is 9.59 Å². The highest BCUT2D eigenvalue weighted by molar-refractivity contribution is 5.93. The van der Waals surface area contributed by atoms with Crippen molar-refractivity contribution in [1.82, 2.24) is 14.7 Å². The maximum absolute atomic E-state index is 12.4. The molecule has 2 rings (SSSR count). The molecule has 0 aromatic carbocycles. The highest BCUT2D eigenvalue weighted by Crippen LogP contribution is 2.09. The topological polar surface area (TPSA) is 105 Å². The molecule has 1 aliphatic heterocycles. The molecule has 8 nitrogen and oxygen atoms in total. The van der Waals surface area contributed by atoms with Gasteiger partial charge in [0.2, 0.25) is 5.91 Å². The van der Waals surface area contributed by atoms with Crippen molar-refractivity contribution >= 4 is 11.8 Å². The van der Waals surface area contributed by atoms with E-state index in [4.69, 9.17) is 14.9 Å². The van der Waals surface area contributed by atoms with Gasteiger partial charge < -0.3 is 14.2 Å². The van der Waals surface area contributed by atoms with Gasteiger partial charge in [-0.15, -0.1) is 0 Å². The predicted octanol–water partition coefficient (Wildman–Crippen LogP) is 0.693. The van der Waals surface area contributed by atoms with E-state index in [1.807, 2.05) is 17.0 Å². The standard InChI is InChI=1S/C17H21N5O3/c18-4-1-6-21(7-2-5-19)16(23)13-20-8-10-22(11-9-20)17(24)15-3-12-25-14-15/h3,12,14H,1-2,6-11,13H2. The fraction of sp³-hybridized carbons (Fsp3) is 0.529. The van der Waals surface area contributed by atoms with Crippen molar-refractivity contribution in [3.63, 3.8) is 0 Å². The normalized spacial score (nSPS) is 14.6. The Balaban J connectivity index is 1.81. The van der Waals surface area contributed by atoms with Crippen LogP contribution in [0.2, 0.25) is 0 Å². The highest BCUT2D eigenvalue weighted by atomic mass is 16.3. The zero-order chi connectivity index (χ0) is 18.1. The molecule has 0 atom stereocenters. The molecule has 0 unspecified atom stereocenters. The molecule has 1 aliphatic rings. The molecular weight excluding hydrogens is 322 g/mol. The molecule has 1 saturated heterocycles. The van der Waals surface area contributed by atoms with Gasteiger partial charge in [0.25, 0.3) is 5.91 Å². The first-order chi connectivity index (χ1) is 12.2. The number of rotatable bonds is 7. The predicted molar refractivity (Wildman–Crippen MR) is 88.1 cm³/mol. The molecular formula is C17H21N5O3. The van der Waals surface area contributed by atoms with Crippen LogP contribution in [0.15, 0.2) is 23.0 Å². The third-order valence-corrected chi connectivity index (χ3v) is 4.13. The second kappa shape index (κ2) is 9.45. The Bertz CT molecular complexity index is 633.